The van der Waals surface area contributed by atoms with Crippen LogP contribution in [-0.4, -0.2) is 18.2 Å². The van der Waals surface area contributed by atoms with Crippen LogP contribution in [0.25, 0.3) is 0 Å². The number of ketones is 1. The Hall–Kier alpha value is -1.64. The zero-order valence-electron chi connectivity index (χ0n) is 18.0. The quantitative estimate of drug-likeness (QED) is 0.333. The van der Waals surface area contributed by atoms with Crippen molar-refractivity contribution in [2.75, 3.05) is 6.54 Å². The van der Waals surface area contributed by atoms with Gasteiger partial charge in [0.15, 0.2) is 5.78 Å². The zero-order valence-corrected chi connectivity index (χ0v) is 18.0. The van der Waals surface area contributed by atoms with Crippen molar-refractivity contribution >= 4 is 11.7 Å². The maximum atomic E-state index is 12.5. The molecule has 1 amide bonds. The molecule has 3 heteroatoms. The third kappa shape index (κ3) is 7.41. The topological polar surface area (TPSA) is 46.2 Å². The molecular weight excluding hydrogens is 346 g/mol. The highest BCUT2D eigenvalue weighted by atomic mass is 16.1. The predicted octanol–water partition coefficient (Wildman–Crippen LogP) is 6.03. The summed E-state index contributed by atoms with van der Waals surface area (Å²) in [7, 11) is 0. The number of amides is 1. The lowest BCUT2D eigenvalue weighted by atomic mass is 9.82. The molecular formula is C25H39NO2. The van der Waals surface area contributed by atoms with Gasteiger partial charge < -0.3 is 5.32 Å². The van der Waals surface area contributed by atoms with Gasteiger partial charge in [-0.2, -0.15) is 0 Å². The van der Waals surface area contributed by atoms with Gasteiger partial charge >= 0.3 is 0 Å². The molecule has 0 saturated carbocycles. The first-order valence-corrected chi connectivity index (χ1v) is 11.6. The molecule has 156 valence electrons. The second kappa shape index (κ2) is 12.7. The first-order valence-electron chi connectivity index (χ1n) is 11.6. The minimum absolute atomic E-state index is 0.0822. The Morgan fingerprint density at radius 2 is 1.61 bits per heavy atom. The molecule has 0 radical (unpaired) electrons. The Balaban J connectivity index is 1.62. The van der Waals surface area contributed by atoms with Crippen molar-refractivity contribution < 1.29 is 9.59 Å². The van der Waals surface area contributed by atoms with E-state index in [1.165, 1.54) is 62.5 Å². The SMILES string of the molecule is CCCCCCCCCCCNC(=O)C1CCc2cc(C(=O)CC)ccc2C1. The zero-order chi connectivity index (χ0) is 20.2. The van der Waals surface area contributed by atoms with Crippen molar-refractivity contribution in [3.05, 3.63) is 34.9 Å². The largest absolute Gasteiger partial charge is 0.356 e. The average Bonchev–Trinajstić information content (AvgIpc) is 2.73. The first-order chi connectivity index (χ1) is 13.7. The van der Waals surface area contributed by atoms with Crippen LogP contribution in [0.5, 0.6) is 0 Å². The molecule has 1 aromatic carbocycles. The van der Waals surface area contributed by atoms with Crippen LogP contribution in [0.4, 0.5) is 0 Å². The van der Waals surface area contributed by atoms with E-state index in [9.17, 15) is 9.59 Å². The molecule has 0 spiro atoms. The molecule has 0 heterocycles. The van der Waals surface area contributed by atoms with E-state index < -0.39 is 0 Å². The summed E-state index contributed by atoms with van der Waals surface area (Å²) in [5, 5.41) is 3.15. The fourth-order valence-electron chi connectivity index (χ4n) is 4.15. The molecule has 1 N–H and O–H groups in total. The van der Waals surface area contributed by atoms with E-state index in [1.807, 2.05) is 19.1 Å². The van der Waals surface area contributed by atoms with Crippen LogP contribution in [0.2, 0.25) is 0 Å². The van der Waals surface area contributed by atoms with Crippen LogP contribution in [0.1, 0.15) is 106 Å². The first kappa shape index (κ1) is 22.6. The van der Waals surface area contributed by atoms with Crippen molar-refractivity contribution in [3.8, 4) is 0 Å². The number of fused-ring (bicyclic) bond motifs is 1. The standard InChI is InChI=1S/C25H39NO2/c1-3-5-6-7-8-9-10-11-12-17-26-25(28)23-16-14-20-18-22(24(27)4-2)15-13-21(20)19-23/h13,15,18,23H,3-12,14,16-17,19H2,1-2H3,(H,26,28). The van der Waals surface area contributed by atoms with Crippen LogP contribution in [-0.2, 0) is 17.6 Å². The predicted molar refractivity (Wildman–Crippen MR) is 117 cm³/mol. The second-order valence-corrected chi connectivity index (χ2v) is 8.32. The summed E-state index contributed by atoms with van der Waals surface area (Å²) in [4.78, 5) is 24.4. The van der Waals surface area contributed by atoms with Gasteiger partial charge in [0.25, 0.3) is 0 Å². The van der Waals surface area contributed by atoms with E-state index in [0.29, 0.717) is 6.42 Å². The number of carbonyl (C=O) groups is 2. The molecule has 1 atom stereocenters. The van der Waals surface area contributed by atoms with Crippen LogP contribution in [0.3, 0.4) is 0 Å². The van der Waals surface area contributed by atoms with E-state index >= 15 is 0 Å². The molecule has 1 aliphatic carbocycles. The van der Waals surface area contributed by atoms with E-state index in [-0.39, 0.29) is 17.6 Å². The number of hydrogen-bond acceptors (Lipinski definition) is 2. The lowest BCUT2D eigenvalue weighted by molar-refractivity contribution is -0.125. The van der Waals surface area contributed by atoms with Crippen molar-refractivity contribution in [2.24, 2.45) is 5.92 Å². The molecule has 1 aliphatic rings. The van der Waals surface area contributed by atoms with Gasteiger partial charge in [0.05, 0.1) is 0 Å². The van der Waals surface area contributed by atoms with Crippen LogP contribution in [0.15, 0.2) is 18.2 Å². The van der Waals surface area contributed by atoms with E-state index in [2.05, 4.69) is 18.3 Å². The number of carbonyl (C=O) groups excluding carboxylic acids is 2. The van der Waals surface area contributed by atoms with Crippen molar-refractivity contribution in [1.29, 1.82) is 0 Å². The van der Waals surface area contributed by atoms with Crippen LogP contribution < -0.4 is 5.32 Å². The summed E-state index contributed by atoms with van der Waals surface area (Å²) in [6.07, 6.45) is 14.9. The Bertz CT molecular complexity index is 623. The molecule has 0 saturated heterocycles. The van der Waals surface area contributed by atoms with Crippen molar-refractivity contribution in [1.82, 2.24) is 5.32 Å². The van der Waals surface area contributed by atoms with Gasteiger partial charge in [-0.25, -0.2) is 0 Å². The molecule has 1 unspecified atom stereocenters. The molecule has 0 aliphatic heterocycles. The number of Topliss-reactive ketones (excluding diaryl/α,β-unsaturated/α-hetero) is 1. The van der Waals surface area contributed by atoms with E-state index in [0.717, 1.165) is 37.8 Å². The Labute approximate surface area is 171 Å². The summed E-state index contributed by atoms with van der Waals surface area (Å²) in [6, 6.07) is 6.02. The normalized spacial score (nSPS) is 15.9. The highest BCUT2D eigenvalue weighted by molar-refractivity contribution is 5.96. The molecule has 0 aromatic heterocycles. The second-order valence-electron chi connectivity index (χ2n) is 8.32. The van der Waals surface area contributed by atoms with Gasteiger partial charge in [0, 0.05) is 24.4 Å². The minimum atomic E-state index is 0.0822. The minimum Gasteiger partial charge on any atom is -0.356 e. The van der Waals surface area contributed by atoms with Gasteiger partial charge in [-0.05, 0) is 42.9 Å². The fraction of sp³-hybridized carbons (Fsp3) is 0.680. The fourth-order valence-corrected chi connectivity index (χ4v) is 4.15. The van der Waals surface area contributed by atoms with Gasteiger partial charge in [-0.1, -0.05) is 77.3 Å². The number of nitrogens with one attached hydrogen (secondary N) is 1. The summed E-state index contributed by atoms with van der Waals surface area (Å²) < 4.78 is 0. The highest BCUT2D eigenvalue weighted by Gasteiger charge is 2.24. The molecule has 0 bridgehead atoms. The van der Waals surface area contributed by atoms with E-state index in [1.54, 1.807) is 0 Å². The van der Waals surface area contributed by atoms with Crippen LogP contribution >= 0.6 is 0 Å². The maximum absolute atomic E-state index is 12.5. The van der Waals surface area contributed by atoms with E-state index in [4.69, 9.17) is 0 Å². The Kier molecular flexibility index (Phi) is 10.3. The van der Waals surface area contributed by atoms with Crippen LogP contribution in [0, 0.1) is 5.92 Å². The number of benzene rings is 1. The molecule has 3 nitrogen and oxygen atoms in total. The molecule has 1 aromatic rings. The summed E-state index contributed by atoms with van der Waals surface area (Å²) >= 11 is 0. The number of aryl methyl sites for hydroxylation is 1. The molecule has 0 fully saturated rings. The Morgan fingerprint density at radius 3 is 2.29 bits per heavy atom. The molecule has 28 heavy (non-hydrogen) atoms. The van der Waals surface area contributed by atoms with Gasteiger partial charge in [0.1, 0.15) is 0 Å². The lowest BCUT2D eigenvalue weighted by Crippen LogP contribution is -2.34. The van der Waals surface area contributed by atoms with Crippen molar-refractivity contribution in [3.63, 3.8) is 0 Å². The summed E-state index contributed by atoms with van der Waals surface area (Å²) in [5.41, 5.74) is 3.30. The van der Waals surface area contributed by atoms with Gasteiger partial charge in [-0.3, -0.25) is 9.59 Å². The Morgan fingerprint density at radius 1 is 0.929 bits per heavy atom. The maximum Gasteiger partial charge on any atom is 0.223 e. The average molecular weight is 386 g/mol. The number of unbranched alkanes of at least 4 members (excludes halogenated alkanes) is 8. The number of rotatable bonds is 13. The van der Waals surface area contributed by atoms with Crippen molar-refractivity contribution in [2.45, 2.75) is 97.3 Å². The van der Waals surface area contributed by atoms with Gasteiger partial charge in [-0.15, -0.1) is 0 Å². The summed E-state index contributed by atoms with van der Waals surface area (Å²) in [5.74, 6) is 0.487. The third-order valence-corrected chi connectivity index (χ3v) is 6.03. The number of hydrogen-bond donors (Lipinski definition) is 1. The summed E-state index contributed by atoms with van der Waals surface area (Å²) in [6.45, 7) is 4.96. The van der Waals surface area contributed by atoms with Gasteiger partial charge in [0.2, 0.25) is 5.91 Å². The lowest BCUT2D eigenvalue weighted by Gasteiger charge is -2.24. The third-order valence-electron chi connectivity index (χ3n) is 6.03. The monoisotopic (exact) mass is 385 g/mol. The highest BCUT2D eigenvalue weighted by Crippen LogP contribution is 2.27. The molecule has 2 rings (SSSR count). The smallest absolute Gasteiger partial charge is 0.223 e.